The maximum absolute atomic E-state index is 11.4. The molecule has 1 amide bonds. The number of benzene rings is 1. The van der Waals surface area contributed by atoms with Crippen molar-refractivity contribution in [2.24, 2.45) is 0 Å². The smallest absolute Gasteiger partial charge is 0.245 e. The second-order valence-electron chi connectivity index (χ2n) is 3.20. The minimum absolute atomic E-state index is 0.0217. The number of hydrogen-bond donors (Lipinski definition) is 0. The number of nitrogens with zero attached hydrogens (tertiary/aromatic N) is 1. The van der Waals surface area contributed by atoms with E-state index in [2.05, 4.69) is 0 Å². The summed E-state index contributed by atoms with van der Waals surface area (Å²) in [5, 5.41) is 1.41. The molecule has 0 fully saturated rings. The van der Waals surface area contributed by atoms with E-state index in [9.17, 15) is 4.79 Å². The molecule has 3 heteroatoms. The van der Waals surface area contributed by atoms with Gasteiger partial charge in [0.05, 0.1) is 0 Å². The molecule has 0 spiro atoms. The van der Waals surface area contributed by atoms with Crippen LogP contribution in [0, 0.1) is 0 Å². The van der Waals surface area contributed by atoms with Gasteiger partial charge < -0.3 is 0 Å². The Morgan fingerprint density at radius 3 is 2.47 bits per heavy atom. The number of carbonyl (C=O) groups excluding carboxylic acids is 1. The van der Waals surface area contributed by atoms with E-state index in [1.165, 1.54) is 5.06 Å². The standard InChI is InChI=1S/C12H17NO2/c1-3-12(14)13(4-2)15-10-11-8-6-5-7-9-11/h5-9H,3-4,10H2,1-2H3. The number of rotatable bonds is 5. The monoisotopic (exact) mass is 207 g/mol. The highest BCUT2D eigenvalue weighted by atomic mass is 16.7. The van der Waals surface area contributed by atoms with Crippen molar-refractivity contribution in [3.8, 4) is 0 Å². The molecule has 0 aliphatic carbocycles. The molecular weight excluding hydrogens is 190 g/mol. The molecule has 0 saturated carbocycles. The highest BCUT2D eigenvalue weighted by Crippen LogP contribution is 2.04. The van der Waals surface area contributed by atoms with Gasteiger partial charge in [-0.1, -0.05) is 37.3 Å². The van der Waals surface area contributed by atoms with Gasteiger partial charge in [-0.3, -0.25) is 9.63 Å². The van der Waals surface area contributed by atoms with Crippen molar-refractivity contribution in [2.45, 2.75) is 26.9 Å². The summed E-state index contributed by atoms with van der Waals surface area (Å²) in [6.07, 6.45) is 0.475. The fraction of sp³-hybridized carbons (Fsp3) is 0.417. The lowest BCUT2D eigenvalue weighted by atomic mass is 10.2. The van der Waals surface area contributed by atoms with Gasteiger partial charge in [-0.15, -0.1) is 0 Å². The van der Waals surface area contributed by atoms with E-state index in [1.807, 2.05) is 44.2 Å². The van der Waals surface area contributed by atoms with Crippen LogP contribution < -0.4 is 0 Å². The van der Waals surface area contributed by atoms with Crippen molar-refractivity contribution >= 4 is 5.91 Å². The number of hydrogen-bond acceptors (Lipinski definition) is 2. The third-order valence-corrected chi connectivity index (χ3v) is 2.10. The molecule has 0 N–H and O–H groups in total. The van der Waals surface area contributed by atoms with Gasteiger partial charge in [0.2, 0.25) is 5.91 Å². The second kappa shape index (κ2) is 6.19. The van der Waals surface area contributed by atoms with Gasteiger partial charge in [-0.2, -0.15) is 0 Å². The van der Waals surface area contributed by atoms with Crippen LogP contribution in [-0.4, -0.2) is 17.5 Å². The first-order chi connectivity index (χ1) is 7.27. The highest BCUT2D eigenvalue weighted by molar-refractivity contribution is 5.74. The first kappa shape index (κ1) is 11.7. The molecular formula is C12H17NO2. The number of amides is 1. The maximum Gasteiger partial charge on any atom is 0.245 e. The third-order valence-electron chi connectivity index (χ3n) is 2.10. The molecule has 0 radical (unpaired) electrons. The second-order valence-corrected chi connectivity index (χ2v) is 3.20. The first-order valence-electron chi connectivity index (χ1n) is 5.25. The van der Waals surface area contributed by atoms with E-state index >= 15 is 0 Å². The van der Waals surface area contributed by atoms with Crippen LogP contribution in [0.4, 0.5) is 0 Å². The Balaban J connectivity index is 2.44. The van der Waals surface area contributed by atoms with Gasteiger partial charge in [0, 0.05) is 13.0 Å². The lowest BCUT2D eigenvalue weighted by molar-refractivity contribution is -0.189. The average molecular weight is 207 g/mol. The first-order valence-corrected chi connectivity index (χ1v) is 5.25. The van der Waals surface area contributed by atoms with Gasteiger partial charge in [0.1, 0.15) is 6.61 Å². The topological polar surface area (TPSA) is 29.5 Å². The molecule has 0 heterocycles. The van der Waals surface area contributed by atoms with Gasteiger partial charge in [0.25, 0.3) is 0 Å². The van der Waals surface area contributed by atoms with Crippen LogP contribution in [-0.2, 0) is 16.2 Å². The van der Waals surface area contributed by atoms with Crippen molar-refractivity contribution in [1.29, 1.82) is 0 Å². The predicted octanol–water partition coefficient (Wildman–Crippen LogP) is 2.38. The molecule has 3 nitrogen and oxygen atoms in total. The summed E-state index contributed by atoms with van der Waals surface area (Å²) >= 11 is 0. The van der Waals surface area contributed by atoms with Gasteiger partial charge in [-0.25, -0.2) is 5.06 Å². The molecule has 15 heavy (non-hydrogen) atoms. The molecule has 0 bridgehead atoms. The van der Waals surface area contributed by atoms with Crippen molar-refractivity contribution in [3.63, 3.8) is 0 Å². The van der Waals surface area contributed by atoms with E-state index in [0.717, 1.165) is 5.56 Å². The van der Waals surface area contributed by atoms with E-state index in [0.29, 0.717) is 19.6 Å². The third kappa shape index (κ3) is 3.72. The van der Waals surface area contributed by atoms with Crippen molar-refractivity contribution in [1.82, 2.24) is 5.06 Å². The lowest BCUT2D eigenvalue weighted by Crippen LogP contribution is -2.30. The summed E-state index contributed by atoms with van der Waals surface area (Å²) < 4.78 is 0. The van der Waals surface area contributed by atoms with Crippen LogP contribution in [0.1, 0.15) is 25.8 Å². The van der Waals surface area contributed by atoms with Crippen LogP contribution in [0.2, 0.25) is 0 Å². The van der Waals surface area contributed by atoms with Gasteiger partial charge in [0.15, 0.2) is 0 Å². The van der Waals surface area contributed by atoms with Crippen LogP contribution in [0.5, 0.6) is 0 Å². The number of hydroxylamine groups is 2. The normalized spacial score (nSPS) is 10.0. The van der Waals surface area contributed by atoms with E-state index in [-0.39, 0.29) is 5.91 Å². The van der Waals surface area contributed by atoms with Crippen molar-refractivity contribution in [3.05, 3.63) is 35.9 Å². The number of carbonyl (C=O) groups is 1. The maximum atomic E-state index is 11.4. The Morgan fingerprint density at radius 1 is 1.27 bits per heavy atom. The van der Waals surface area contributed by atoms with Crippen LogP contribution in [0.15, 0.2) is 30.3 Å². The summed E-state index contributed by atoms with van der Waals surface area (Å²) in [5.74, 6) is 0.0217. The predicted molar refractivity (Wildman–Crippen MR) is 58.9 cm³/mol. The van der Waals surface area contributed by atoms with Gasteiger partial charge in [-0.05, 0) is 12.5 Å². The Bertz CT molecular complexity index is 298. The van der Waals surface area contributed by atoms with Crippen LogP contribution in [0.3, 0.4) is 0 Å². The zero-order chi connectivity index (χ0) is 11.1. The molecule has 1 rings (SSSR count). The molecule has 0 aliphatic heterocycles. The van der Waals surface area contributed by atoms with Crippen LogP contribution in [0.25, 0.3) is 0 Å². The molecule has 0 atom stereocenters. The molecule has 0 aliphatic rings. The SMILES string of the molecule is CCC(=O)N(CC)OCc1ccccc1. The summed E-state index contributed by atoms with van der Waals surface area (Å²) in [6, 6.07) is 9.82. The summed E-state index contributed by atoms with van der Waals surface area (Å²) in [5.41, 5.74) is 1.07. The van der Waals surface area contributed by atoms with Crippen LogP contribution >= 0.6 is 0 Å². The summed E-state index contributed by atoms with van der Waals surface area (Å²) in [4.78, 5) is 16.8. The lowest BCUT2D eigenvalue weighted by Gasteiger charge is -2.19. The Kier molecular flexibility index (Phi) is 4.84. The van der Waals surface area contributed by atoms with Crippen molar-refractivity contribution in [2.75, 3.05) is 6.54 Å². The molecule has 0 unspecified atom stereocenters. The fourth-order valence-electron chi connectivity index (χ4n) is 1.24. The van der Waals surface area contributed by atoms with Crippen molar-refractivity contribution < 1.29 is 9.63 Å². The fourth-order valence-corrected chi connectivity index (χ4v) is 1.24. The zero-order valence-corrected chi connectivity index (χ0v) is 9.27. The average Bonchev–Trinajstić information content (AvgIpc) is 2.31. The summed E-state index contributed by atoms with van der Waals surface area (Å²) in [7, 11) is 0. The Morgan fingerprint density at radius 2 is 1.93 bits per heavy atom. The molecule has 82 valence electrons. The quantitative estimate of drug-likeness (QED) is 0.694. The highest BCUT2D eigenvalue weighted by Gasteiger charge is 2.09. The van der Waals surface area contributed by atoms with Gasteiger partial charge >= 0.3 is 0 Å². The van der Waals surface area contributed by atoms with E-state index in [4.69, 9.17) is 4.84 Å². The summed E-state index contributed by atoms with van der Waals surface area (Å²) in [6.45, 7) is 4.76. The minimum atomic E-state index is 0.0217. The molecule has 0 saturated heterocycles. The minimum Gasteiger partial charge on any atom is -0.273 e. The Hall–Kier alpha value is -1.35. The molecule has 0 aromatic heterocycles. The largest absolute Gasteiger partial charge is 0.273 e. The van der Waals surface area contributed by atoms with E-state index in [1.54, 1.807) is 0 Å². The Labute approximate surface area is 90.6 Å². The zero-order valence-electron chi connectivity index (χ0n) is 9.27. The van der Waals surface area contributed by atoms with E-state index < -0.39 is 0 Å². The molecule has 1 aromatic carbocycles. The molecule has 1 aromatic rings.